The molecule has 2 aromatic rings. The molecule has 25 heavy (non-hydrogen) atoms. The van der Waals surface area contributed by atoms with Crippen LogP contribution in [-0.2, 0) is 20.0 Å². The van der Waals surface area contributed by atoms with Gasteiger partial charge in [0, 0.05) is 36.4 Å². The Morgan fingerprint density at radius 1 is 1.36 bits per heavy atom. The van der Waals surface area contributed by atoms with Crippen LogP contribution in [0.1, 0.15) is 40.7 Å². The van der Waals surface area contributed by atoms with Crippen molar-refractivity contribution >= 4 is 41.3 Å². The maximum atomic E-state index is 4.67. The van der Waals surface area contributed by atoms with Crippen molar-refractivity contribution in [1.29, 1.82) is 0 Å². The van der Waals surface area contributed by atoms with Gasteiger partial charge in [0.15, 0.2) is 5.96 Å². The first-order chi connectivity index (χ1) is 11.4. The summed E-state index contributed by atoms with van der Waals surface area (Å²) in [7, 11) is 1.99. The van der Waals surface area contributed by atoms with E-state index in [0.29, 0.717) is 6.54 Å². The van der Waals surface area contributed by atoms with Crippen LogP contribution >= 0.6 is 35.3 Å². The van der Waals surface area contributed by atoms with Crippen molar-refractivity contribution in [3.63, 3.8) is 0 Å². The van der Waals surface area contributed by atoms with Crippen LogP contribution in [0, 0.1) is 20.8 Å². The molecule has 1 unspecified atom stereocenters. The van der Waals surface area contributed by atoms with Crippen molar-refractivity contribution in [2.75, 3.05) is 6.54 Å². The van der Waals surface area contributed by atoms with E-state index in [0.717, 1.165) is 29.6 Å². The van der Waals surface area contributed by atoms with Gasteiger partial charge in [0.1, 0.15) is 0 Å². The molecule has 6 nitrogen and oxygen atoms in total. The number of aliphatic imine (C=N–C) groups is 1. The molecular formula is C17H29IN6S. The third-order valence-electron chi connectivity index (χ3n) is 3.96. The highest BCUT2D eigenvalue weighted by atomic mass is 127. The molecule has 0 saturated heterocycles. The Balaban J connectivity index is 0.00000312. The molecule has 2 rings (SSSR count). The predicted octanol–water partition coefficient (Wildman–Crippen LogP) is 3.11. The summed E-state index contributed by atoms with van der Waals surface area (Å²) in [6.45, 7) is 11.9. The zero-order valence-electron chi connectivity index (χ0n) is 15.9. The van der Waals surface area contributed by atoms with Gasteiger partial charge in [-0.25, -0.2) is 9.98 Å². The molecule has 0 bridgehead atoms. The zero-order chi connectivity index (χ0) is 17.7. The minimum absolute atomic E-state index is 0. The van der Waals surface area contributed by atoms with E-state index in [1.54, 1.807) is 11.3 Å². The summed E-state index contributed by atoms with van der Waals surface area (Å²) >= 11 is 1.69. The minimum Gasteiger partial charge on any atom is -0.357 e. The topological polar surface area (TPSA) is 67.1 Å². The van der Waals surface area contributed by atoms with Crippen molar-refractivity contribution in [2.24, 2.45) is 12.0 Å². The van der Waals surface area contributed by atoms with Gasteiger partial charge in [-0.05, 0) is 46.6 Å². The molecule has 0 aromatic carbocycles. The lowest BCUT2D eigenvalue weighted by Crippen LogP contribution is -2.43. The highest BCUT2D eigenvalue weighted by Crippen LogP contribution is 2.14. The molecule has 0 spiro atoms. The first kappa shape index (κ1) is 21.9. The normalized spacial score (nSPS) is 12.6. The minimum atomic E-state index is 0. The van der Waals surface area contributed by atoms with Crippen molar-refractivity contribution in [1.82, 2.24) is 25.4 Å². The largest absolute Gasteiger partial charge is 0.357 e. The molecule has 2 N–H and O–H groups in total. The van der Waals surface area contributed by atoms with Crippen LogP contribution in [0.15, 0.2) is 11.2 Å². The maximum Gasteiger partial charge on any atom is 0.191 e. The molecule has 0 aliphatic rings. The third-order valence-corrected chi connectivity index (χ3v) is 4.86. The van der Waals surface area contributed by atoms with Crippen molar-refractivity contribution in [3.8, 4) is 0 Å². The van der Waals surface area contributed by atoms with Crippen LogP contribution < -0.4 is 10.6 Å². The molecule has 2 aromatic heterocycles. The summed E-state index contributed by atoms with van der Waals surface area (Å²) in [5.41, 5.74) is 3.64. The number of rotatable bonds is 6. The highest BCUT2D eigenvalue weighted by molar-refractivity contribution is 14.0. The van der Waals surface area contributed by atoms with Crippen LogP contribution in [0.3, 0.4) is 0 Å². The second-order valence-corrected chi connectivity index (χ2v) is 7.38. The van der Waals surface area contributed by atoms with E-state index in [2.05, 4.69) is 53.4 Å². The monoisotopic (exact) mass is 476 g/mol. The summed E-state index contributed by atoms with van der Waals surface area (Å²) in [5, 5.41) is 12.4. The smallest absolute Gasteiger partial charge is 0.191 e. The van der Waals surface area contributed by atoms with Gasteiger partial charge < -0.3 is 10.6 Å². The van der Waals surface area contributed by atoms with Gasteiger partial charge in [0.2, 0.25) is 0 Å². The van der Waals surface area contributed by atoms with Gasteiger partial charge in [-0.3, -0.25) is 4.68 Å². The van der Waals surface area contributed by atoms with Gasteiger partial charge in [0.05, 0.1) is 17.2 Å². The zero-order valence-corrected chi connectivity index (χ0v) is 19.0. The second kappa shape index (κ2) is 10.1. The number of aryl methyl sites for hydroxylation is 3. The van der Waals surface area contributed by atoms with Gasteiger partial charge in [-0.2, -0.15) is 5.10 Å². The number of halogens is 1. The van der Waals surface area contributed by atoms with Crippen LogP contribution in [-0.4, -0.2) is 33.3 Å². The number of guanidine groups is 1. The van der Waals surface area contributed by atoms with Gasteiger partial charge in [-0.1, -0.05) is 0 Å². The molecule has 0 aliphatic heterocycles. The number of hydrogen-bond acceptors (Lipinski definition) is 4. The molecular weight excluding hydrogens is 447 g/mol. The lowest BCUT2D eigenvalue weighted by molar-refractivity contribution is 0.636. The van der Waals surface area contributed by atoms with E-state index in [1.165, 1.54) is 16.1 Å². The van der Waals surface area contributed by atoms with Crippen LogP contribution in [0.5, 0.6) is 0 Å². The number of nitrogens with one attached hydrogen (secondary N) is 2. The first-order valence-corrected chi connectivity index (χ1v) is 9.17. The molecule has 8 heteroatoms. The van der Waals surface area contributed by atoms with Crippen molar-refractivity contribution in [3.05, 3.63) is 33.0 Å². The fourth-order valence-corrected chi connectivity index (χ4v) is 3.38. The van der Waals surface area contributed by atoms with E-state index >= 15 is 0 Å². The molecule has 2 heterocycles. The molecule has 0 fully saturated rings. The Morgan fingerprint density at radius 3 is 2.60 bits per heavy atom. The molecule has 0 radical (unpaired) electrons. The van der Waals surface area contributed by atoms with E-state index in [4.69, 9.17) is 0 Å². The molecule has 140 valence electrons. The van der Waals surface area contributed by atoms with Gasteiger partial charge in [-0.15, -0.1) is 35.3 Å². The molecule has 0 aliphatic carbocycles. The summed E-state index contributed by atoms with van der Waals surface area (Å²) in [6, 6.07) is 0.271. The van der Waals surface area contributed by atoms with Crippen LogP contribution in [0.25, 0.3) is 0 Å². The lowest BCUT2D eigenvalue weighted by Gasteiger charge is -2.18. The predicted molar refractivity (Wildman–Crippen MR) is 116 cm³/mol. The Hall–Kier alpha value is -1.16. The second-order valence-electron chi connectivity index (χ2n) is 6.06. The number of aromatic nitrogens is 3. The molecule has 0 saturated carbocycles. The first-order valence-electron chi connectivity index (χ1n) is 8.36. The summed E-state index contributed by atoms with van der Waals surface area (Å²) < 4.78 is 1.95. The standard InChI is InChI=1S/C17H28N6S.HI/c1-7-18-17(20-10-15-9-19-14(5)24-15)21-11(2)8-16-12(3)22-23(6)13(16)4;/h9,11H,7-8,10H2,1-6H3,(H2,18,20,21);1H. The fraction of sp³-hybridized carbons (Fsp3) is 0.588. The number of nitrogens with zero attached hydrogens (tertiary/aromatic N) is 4. The van der Waals surface area contributed by atoms with E-state index in [-0.39, 0.29) is 30.0 Å². The number of hydrogen-bond donors (Lipinski definition) is 2. The average molecular weight is 476 g/mol. The quantitative estimate of drug-likeness (QED) is 0.382. The summed E-state index contributed by atoms with van der Waals surface area (Å²) in [6.07, 6.45) is 2.83. The number of thiazole rings is 1. The van der Waals surface area contributed by atoms with E-state index in [9.17, 15) is 0 Å². The van der Waals surface area contributed by atoms with Crippen molar-refractivity contribution in [2.45, 2.75) is 53.6 Å². The van der Waals surface area contributed by atoms with E-state index in [1.807, 2.05) is 24.9 Å². The lowest BCUT2D eigenvalue weighted by atomic mass is 10.1. The van der Waals surface area contributed by atoms with Crippen LogP contribution in [0.2, 0.25) is 0 Å². The Morgan fingerprint density at radius 2 is 2.08 bits per heavy atom. The third kappa shape index (κ3) is 6.25. The SMILES string of the molecule is CCNC(=NCc1cnc(C)s1)NC(C)Cc1c(C)nn(C)c1C.I. The van der Waals surface area contributed by atoms with Gasteiger partial charge in [0.25, 0.3) is 0 Å². The highest BCUT2D eigenvalue weighted by Gasteiger charge is 2.14. The van der Waals surface area contributed by atoms with Crippen LogP contribution in [0.4, 0.5) is 0 Å². The molecule has 1 atom stereocenters. The molecule has 0 amide bonds. The Labute approximate surface area is 171 Å². The Bertz CT molecular complexity index is 706. The van der Waals surface area contributed by atoms with Gasteiger partial charge >= 0.3 is 0 Å². The van der Waals surface area contributed by atoms with Crippen molar-refractivity contribution < 1.29 is 0 Å². The summed E-state index contributed by atoms with van der Waals surface area (Å²) in [4.78, 5) is 10.1. The Kier molecular flexibility index (Phi) is 8.84. The average Bonchev–Trinajstić information content (AvgIpc) is 3.04. The summed E-state index contributed by atoms with van der Waals surface area (Å²) in [5.74, 6) is 0.843. The maximum absolute atomic E-state index is 4.67. The fourth-order valence-electron chi connectivity index (χ4n) is 2.66. The van der Waals surface area contributed by atoms with E-state index < -0.39 is 0 Å².